The summed E-state index contributed by atoms with van der Waals surface area (Å²) < 4.78 is 0. The van der Waals surface area contributed by atoms with E-state index in [0.717, 1.165) is 12.1 Å². The quantitative estimate of drug-likeness (QED) is 0.435. The number of nitrogens with zero attached hydrogens (tertiary/aromatic N) is 2. The van der Waals surface area contributed by atoms with Gasteiger partial charge >= 0.3 is 0 Å². The first-order valence-corrected chi connectivity index (χ1v) is 6.37. The molecule has 0 aromatic heterocycles. The first-order valence-electron chi connectivity index (χ1n) is 6.37. The number of carbonyl (C=O) groups excluding carboxylic acids is 1. The zero-order valence-corrected chi connectivity index (χ0v) is 11.2. The van der Waals surface area contributed by atoms with E-state index in [0.29, 0.717) is 19.5 Å². The zero-order chi connectivity index (χ0) is 14.1. The van der Waals surface area contributed by atoms with Crippen LogP contribution in [-0.4, -0.2) is 30.4 Å². The number of rotatable bonds is 7. The number of benzene rings is 1. The van der Waals surface area contributed by atoms with Crippen molar-refractivity contribution in [1.29, 1.82) is 5.26 Å². The Balaban J connectivity index is 2.81. The van der Waals surface area contributed by atoms with Gasteiger partial charge in [-0.05, 0) is 12.1 Å². The number of hydrogen-bond donors (Lipinski definition) is 2. The smallest absolute Gasteiger partial charge is 0.242 e. The Bertz CT molecular complexity index is 427. The van der Waals surface area contributed by atoms with Gasteiger partial charge in [-0.1, -0.05) is 37.3 Å². The van der Waals surface area contributed by atoms with Gasteiger partial charge in [-0.15, -0.1) is 0 Å². The number of nitriles is 1. The average molecular weight is 260 g/mol. The lowest BCUT2D eigenvalue weighted by Gasteiger charge is -2.24. The van der Waals surface area contributed by atoms with Crippen LogP contribution >= 0.6 is 0 Å². The molecule has 1 aromatic carbocycles. The van der Waals surface area contributed by atoms with Gasteiger partial charge in [0.15, 0.2) is 0 Å². The minimum absolute atomic E-state index is 0.207. The number of likely N-dealkylation sites (N-methyl/N-ethyl adjacent to an activating group) is 1. The third kappa shape index (κ3) is 4.70. The number of amides is 1. The molecular formula is C14H20N4O. The fourth-order valence-electron chi connectivity index (χ4n) is 1.97. The van der Waals surface area contributed by atoms with Gasteiger partial charge in [0.1, 0.15) is 0 Å². The third-order valence-corrected chi connectivity index (χ3v) is 3.09. The van der Waals surface area contributed by atoms with Gasteiger partial charge in [-0.2, -0.15) is 5.26 Å². The predicted octanol–water partition coefficient (Wildman–Crippen LogP) is 0.996. The molecule has 5 heteroatoms. The van der Waals surface area contributed by atoms with Crippen LogP contribution in [0, 0.1) is 11.3 Å². The molecule has 0 bridgehead atoms. The van der Waals surface area contributed by atoms with Crippen LogP contribution in [0.4, 0.5) is 0 Å². The zero-order valence-electron chi connectivity index (χ0n) is 11.2. The Morgan fingerprint density at radius 2 is 2.16 bits per heavy atom. The Labute approximate surface area is 114 Å². The van der Waals surface area contributed by atoms with Crippen LogP contribution in [0.2, 0.25) is 0 Å². The van der Waals surface area contributed by atoms with Crippen molar-refractivity contribution in [1.82, 2.24) is 10.3 Å². The molecule has 0 aliphatic rings. The number of nitrogens with two attached hydrogens (primary N) is 1. The molecule has 0 fully saturated rings. The molecule has 0 aliphatic carbocycles. The van der Waals surface area contributed by atoms with Crippen molar-refractivity contribution >= 4 is 5.91 Å². The average Bonchev–Trinajstić information content (AvgIpc) is 2.48. The van der Waals surface area contributed by atoms with Gasteiger partial charge in [0.2, 0.25) is 5.91 Å². The standard InChI is InChI=1S/C14H20N4O/c1-2-18(10-6-9-15)11-13(14(19)17-16)12-7-4-3-5-8-12/h3-5,7-8,13H,2,6,10-11,16H2,1H3,(H,17,19). The van der Waals surface area contributed by atoms with E-state index in [1.54, 1.807) is 0 Å². The molecule has 1 atom stereocenters. The summed E-state index contributed by atoms with van der Waals surface area (Å²) in [5.41, 5.74) is 3.15. The van der Waals surface area contributed by atoms with Crippen molar-refractivity contribution in [2.45, 2.75) is 19.3 Å². The maximum absolute atomic E-state index is 11.9. The second-order valence-corrected chi connectivity index (χ2v) is 4.27. The van der Waals surface area contributed by atoms with Crippen molar-refractivity contribution < 1.29 is 4.79 Å². The lowest BCUT2D eigenvalue weighted by atomic mass is 9.97. The van der Waals surface area contributed by atoms with E-state index in [-0.39, 0.29) is 11.8 Å². The Kier molecular flexibility index (Phi) is 6.58. The summed E-state index contributed by atoms with van der Waals surface area (Å²) in [6.07, 6.45) is 0.458. The van der Waals surface area contributed by atoms with Gasteiger partial charge in [-0.3, -0.25) is 10.2 Å². The molecule has 5 nitrogen and oxygen atoms in total. The van der Waals surface area contributed by atoms with E-state index in [9.17, 15) is 4.79 Å². The minimum Gasteiger partial charge on any atom is -0.301 e. The topological polar surface area (TPSA) is 82.2 Å². The second kappa shape index (κ2) is 8.25. The first kappa shape index (κ1) is 15.2. The molecule has 1 rings (SSSR count). The van der Waals surface area contributed by atoms with Crippen LogP contribution in [-0.2, 0) is 4.79 Å². The lowest BCUT2D eigenvalue weighted by molar-refractivity contribution is -0.123. The summed E-state index contributed by atoms with van der Waals surface area (Å²) in [5.74, 6) is 4.74. The fourth-order valence-corrected chi connectivity index (χ4v) is 1.97. The summed E-state index contributed by atoms with van der Waals surface area (Å²) >= 11 is 0. The van der Waals surface area contributed by atoms with E-state index >= 15 is 0 Å². The highest BCUT2D eigenvalue weighted by Crippen LogP contribution is 2.17. The number of nitrogens with one attached hydrogen (secondary N) is 1. The van der Waals surface area contributed by atoms with E-state index in [1.807, 2.05) is 37.3 Å². The summed E-state index contributed by atoms with van der Waals surface area (Å²) in [5, 5.41) is 8.64. The van der Waals surface area contributed by atoms with Gasteiger partial charge in [-0.25, -0.2) is 5.84 Å². The molecule has 3 N–H and O–H groups in total. The molecular weight excluding hydrogens is 240 g/mol. The summed E-state index contributed by atoms with van der Waals surface area (Å²) in [7, 11) is 0. The maximum Gasteiger partial charge on any atom is 0.242 e. The number of hydrogen-bond acceptors (Lipinski definition) is 4. The molecule has 0 spiro atoms. The SMILES string of the molecule is CCN(CCC#N)CC(C(=O)NN)c1ccccc1. The molecule has 0 heterocycles. The molecule has 1 unspecified atom stereocenters. The number of hydrazine groups is 1. The molecule has 0 saturated carbocycles. The van der Waals surface area contributed by atoms with E-state index < -0.39 is 0 Å². The lowest BCUT2D eigenvalue weighted by Crippen LogP contribution is -2.40. The van der Waals surface area contributed by atoms with Crippen LogP contribution in [0.25, 0.3) is 0 Å². The fraction of sp³-hybridized carbons (Fsp3) is 0.429. The molecule has 0 saturated heterocycles. The van der Waals surface area contributed by atoms with Crippen LogP contribution < -0.4 is 11.3 Å². The Hall–Kier alpha value is -1.90. The van der Waals surface area contributed by atoms with Gasteiger partial charge < -0.3 is 4.90 Å². The van der Waals surface area contributed by atoms with Gasteiger partial charge in [0.05, 0.1) is 12.0 Å². The Morgan fingerprint density at radius 3 is 2.68 bits per heavy atom. The molecule has 0 radical (unpaired) electrons. The van der Waals surface area contributed by atoms with Crippen molar-refractivity contribution in [3.63, 3.8) is 0 Å². The molecule has 102 valence electrons. The second-order valence-electron chi connectivity index (χ2n) is 4.27. The minimum atomic E-state index is -0.315. The molecule has 1 amide bonds. The van der Waals surface area contributed by atoms with Crippen molar-refractivity contribution in [2.75, 3.05) is 19.6 Å². The normalized spacial score (nSPS) is 11.9. The summed E-state index contributed by atoms with van der Waals surface area (Å²) in [4.78, 5) is 14.0. The maximum atomic E-state index is 11.9. The highest BCUT2D eigenvalue weighted by molar-refractivity contribution is 5.83. The molecule has 19 heavy (non-hydrogen) atoms. The van der Waals surface area contributed by atoms with Crippen LogP contribution in [0.15, 0.2) is 30.3 Å². The summed E-state index contributed by atoms with van der Waals surface area (Å²) in [6.45, 7) is 4.03. The molecule has 0 aliphatic heterocycles. The van der Waals surface area contributed by atoms with E-state index in [1.165, 1.54) is 0 Å². The Morgan fingerprint density at radius 1 is 1.47 bits per heavy atom. The first-order chi connectivity index (χ1) is 9.22. The van der Waals surface area contributed by atoms with Crippen molar-refractivity contribution in [3.8, 4) is 6.07 Å². The number of carbonyl (C=O) groups is 1. The van der Waals surface area contributed by atoms with Gasteiger partial charge in [0, 0.05) is 19.5 Å². The summed E-state index contributed by atoms with van der Waals surface area (Å²) in [6, 6.07) is 11.7. The van der Waals surface area contributed by atoms with E-state index in [2.05, 4.69) is 16.4 Å². The van der Waals surface area contributed by atoms with Crippen LogP contribution in [0.1, 0.15) is 24.8 Å². The highest BCUT2D eigenvalue weighted by Gasteiger charge is 2.22. The molecule has 1 aromatic rings. The largest absolute Gasteiger partial charge is 0.301 e. The predicted molar refractivity (Wildman–Crippen MR) is 73.9 cm³/mol. The van der Waals surface area contributed by atoms with Crippen molar-refractivity contribution in [3.05, 3.63) is 35.9 Å². The van der Waals surface area contributed by atoms with Crippen LogP contribution in [0.3, 0.4) is 0 Å². The highest BCUT2D eigenvalue weighted by atomic mass is 16.2. The third-order valence-electron chi connectivity index (χ3n) is 3.09. The van der Waals surface area contributed by atoms with Crippen molar-refractivity contribution in [2.24, 2.45) is 5.84 Å². The van der Waals surface area contributed by atoms with Gasteiger partial charge in [0.25, 0.3) is 0 Å². The van der Waals surface area contributed by atoms with E-state index in [4.69, 9.17) is 11.1 Å². The van der Waals surface area contributed by atoms with Crippen LogP contribution in [0.5, 0.6) is 0 Å². The monoisotopic (exact) mass is 260 g/mol.